The van der Waals surface area contributed by atoms with Gasteiger partial charge in [-0.3, -0.25) is 4.90 Å². The molecule has 0 amide bonds. The Bertz CT molecular complexity index is 422. The minimum Gasteiger partial charge on any atom is -0.390 e. The molecule has 2 bridgehead atoms. The summed E-state index contributed by atoms with van der Waals surface area (Å²) >= 11 is 0. The fraction of sp³-hybridized carbons (Fsp3) is 1.00. The van der Waals surface area contributed by atoms with Gasteiger partial charge in [-0.25, -0.2) is 8.42 Å². The lowest BCUT2D eigenvalue weighted by Crippen LogP contribution is -2.43. The molecule has 5 heteroatoms. The van der Waals surface area contributed by atoms with E-state index in [1.807, 2.05) is 7.05 Å². The number of sulfone groups is 1. The van der Waals surface area contributed by atoms with Crippen LogP contribution in [0.2, 0.25) is 0 Å². The van der Waals surface area contributed by atoms with Gasteiger partial charge in [0.05, 0.1) is 23.7 Å². The van der Waals surface area contributed by atoms with Crippen LogP contribution < -0.4 is 0 Å². The predicted molar refractivity (Wildman–Crippen MR) is 70.0 cm³/mol. The maximum Gasteiger partial charge on any atom is 0.154 e. The summed E-state index contributed by atoms with van der Waals surface area (Å²) in [5.41, 5.74) is 0. The van der Waals surface area contributed by atoms with Crippen LogP contribution in [0, 0.1) is 17.8 Å². The second-order valence-corrected chi connectivity index (χ2v) is 8.74. The van der Waals surface area contributed by atoms with E-state index in [1.165, 1.54) is 25.7 Å². The van der Waals surface area contributed by atoms with Gasteiger partial charge in [-0.15, -0.1) is 0 Å². The molecule has 3 rings (SSSR count). The van der Waals surface area contributed by atoms with Gasteiger partial charge in [-0.05, 0) is 44.1 Å². The second-order valence-electron chi connectivity index (χ2n) is 6.59. The predicted octanol–water partition coefficient (Wildman–Crippen LogP) is 0.512. The molecular formula is C13H23NO3S. The van der Waals surface area contributed by atoms with Gasteiger partial charge in [0.1, 0.15) is 0 Å². The first-order valence-electron chi connectivity index (χ1n) is 7.03. The lowest BCUT2D eigenvalue weighted by molar-refractivity contribution is 0.0822. The van der Waals surface area contributed by atoms with Crippen molar-refractivity contribution in [3.05, 3.63) is 0 Å². The van der Waals surface area contributed by atoms with E-state index >= 15 is 0 Å². The van der Waals surface area contributed by atoms with E-state index < -0.39 is 15.9 Å². The average molecular weight is 273 g/mol. The van der Waals surface area contributed by atoms with Crippen molar-refractivity contribution in [2.24, 2.45) is 17.8 Å². The molecule has 1 N–H and O–H groups in total. The number of aliphatic hydroxyl groups is 1. The van der Waals surface area contributed by atoms with Crippen LogP contribution in [0.4, 0.5) is 0 Å². The monoisotopic (exact) mass is 273 g/mol. The number of hydrogen-bond donors (Lipinski definition) is 1. The molecule has 0 aromatic heterocycles. The molecule has 5 unspecified atom stereocenters. The van der Waals surface area contributed by atoms with Crippen LogP contribution in [0.25, 0.3) is 0 Å². The second kappa shape index (κ2) is 4.46. The van der Waals surface area contributed by atoms with Gasteiger partial charge in [-0.2, -0.15) is 0 Å². The highest BCUT2D eigenvalue weighted by molar-refractivity contribution is 7.91. The maximum absolute atomic E-state index is 11.5. The van der Waals surface area contributed by atoms with Crippen molar-refractivity contribution < 1.29 is 13.5 Å². The zero-order valence-corrected chi connectivity index (χ0v) is 11.8. The number of rotatable bonds is 3. The smallest absolute Gasteiger partial charge is 0.154 e. The quantitative estimate of drug-likeness (QED) is 0.814. The summed E-state index contributed by atoms with van der Waals surface area (Å²) in [6, 6.07) is -0.186. The highest BCUT2D eigenvalue weighted by Gasteiger charge is 2.43. The van der Waals surface area contributed by atoms with Gasteiger partial charge in [0.25, 0.3) is 0 Å². The van der Waals surface area contributed by atoms with Crippen LogP contribution in [0.15, 0.2) is 0 Å². The maximum atomic E-state index is 11.5. The topological polar surface area (TPSA) is 57.6 Å². The minimum absolute atomic E-state index is 0.0568. The van der Waals surface area contributed by atoms with Gasteiger partial charge >= 0.3 is 0 Å². The molecule has 18 heavy (non-hydrogen) atoms. The zero-order chi connectivity index (χ0) is 12.9. The molecule has 3 aliphatic rings. The normalized spacial score (nSPS) is 46.1. The number of hydrogen-bond acceptors (Lipinski definition) is 4. The van der Waals surface area contributed by atoms with Crippen LogP contribution in [0.5, 0.6) is 0 Å². The van der Waals surface area contributed by atoms with Crippen molar-refractivity contribution in [1.82, 2.24) is 4.90 Å². The molecule has 1 saturated heterocycles. The molecule has 4 nitrogen and oxygen atoms in total. The van der Waals surface area contributed by atoms with Gasteiger partial charge < -0.3 is 5.11 Å². The molecule has 2 aliphatic carbocycles. The van der Waals surface area contributed by atoms with Crippen molar-refractivity contribution in [3.8, 4) is 0 Å². The molecular weight excluding hydrogens is 250 g/mol. The third-order valence-corrected chi connectivity index (χ3v) is 6.97. The first kappa shape index (κ1) is 12.9. The average Bonchev–Trinajstić information content (AvgIpc) is 2.92. The van der Waals surface area contributed by atoms with Crippen LogP contribution in [-0.2, 0) is 9.84 Å². The summed E-state index contributed by atoms with van der Waals surface area (Å²) in [6.45, 7) is 0.957. The highest BCUT2D eigenvalue weighted by Crippen LogP contribution is 2.48. The molecule has 0 aromatic rings. The summed E-state index contributed by atoms with van der Waals surface area (Å²) in [4.78, 5) is 2.10. The Morgan fingerprint density at radius 1 is 1.22 bits per heavy atom. The SMILES string of the molecule is CN(CC1CC2CCC1C2)C1CS(=O)(=O)CC1O. The summed E-state index contributed by atoms with van der Waals surface area (Å²) in [6.07, 6.45) is 4.74. The van der Waals surface area contributed by atoms with Gasteiger partial charge in [0.15, 0.2) is 9.84 Å². The fourth-order valence-electron chi connectivity index (χ4n) is 4.34. The molecule has 2 saturated carbocycles. The first-order valence-corrected chi connectivity index (χ1v) is 8.85. The Hall–Kier alpha value is -0.130. The van der Waals surface area contributed by atoms with Gasteiger partial charge in [-0.1, -0.05) is 6.42 Å². The van der Waals surface area contributed by atoms with E-state index in [9.17, 15) is 13.5 Å². The number of fused-ring (bicyclic) bond motifs is 2. The number of likely N-dealkylation sites (N-methyl/N-ethyl adjacent to an activating group) is 1. The summed E-state index contributed by atoms with van der Waals surface area (Å²) < 4.78 is 23.1. The molecule has 3 fully saturated rings. The molecule has 5 atom stereocenters. The van der Waals surface area contributed by atoms with Crippen LogP contribution >= 0.6 is 0 Å². The standard InChI is InChI=1S/C13H23NO3S/c1-14(12-7-18(16,17)8-13(12)15)6-11-5-9-2-3-10(11)4-9/h9-13,15H,2-8H2,1H3. The Morgan fingerprint density at radius 2 is 2.00 bits per heavy atom. The van der Waals surface area contributed by atoms with E-state index in [4.69, 9.17) is 0 Å². The molecule has 0 spiro atoms. The summed E-state index contributed by atoms with van der Waals surface area (Å²) in [7, 11) is -1.05. The largest absolute Gasteiger partial charge is 0.390 e. The van der Waals surface area contributed by atoms with Crippen LogP contribution in [0.1, 0.15) is 25.7 Å². The lowest BCUT2D eigenvalue weighted by Gasteiger charge is -2.31. The van der Waals surface area contributed by atoms with E-state index in [-0.39, 0.29) is 17.5 Å². The minimum atomic E-state index is -3.03. The Kier molecular flexibility index (Phi) is 3.19. The Labute approximate surface area is 109 Å². The van der Waals surface area contributed by atoms with Crippen molar-refractivity contribution in [1.29, 1.82) is 0 Å². The van der Waals surface area contributed by atoms with E-state index in [0.29, 0.717) is 0 Å². The number of nitrogens with zero attached hydrogens (tertiary/aromatic N) is 1. The third kappa shape index (κ3) is 2.32. The van der Waals surface area contributed by atoms with E-state index in [1.54, 1.807) is 0 Å². The van der Waals surface area contributed by atoms with Crippen molar-refractivity contribution in [2.75, 3.05) is 25.1 Å². The molecule has 0 radical (unpaired) electrons. The van der Waals surface area contributed by atoms with Crippen LogP contribution in [0.3, 0.4) is 0 Å². The summed E-state index contributed by atoms with van der Waals surface area (Å²) in [5.74, 6) is 2.58. The van der Waals surface area contributed by atoms with E-state index in [2.05, 4.69) is 4.90 Å². The Morgan fingerprint density at radius 3 is 2.50 bits per heavy atom. The van der Waals surface area contributed by atoms with Crippen LogP contribution in [-0.4, -0.2) is 55.7 Å². The molecule has 1 heterocycles. The Balaban J connectivity index is 1.60. The highest BCUT2D eigenvalue weighted by atomic mass is 32.2. The molecule has 1 aliphatic heterocycles. The van der Waals surface area contributed by atoms with Crippen molar-refractivity contribution in [2.45, 2.75) is 37.8 Å². The van der Waals surface area contributed by atoms with Gasteiger partial charge in [0.2, 0.25) is 0 Å². The van der Waals surface area contributed by atoms with Crippen molar-refractivity contribution >= 4 is 9.84 Å². The summed E-state index contributed by atoms with van der Waals surface area (Å²) in [5, 5.41) is 9.88. The molecule has 0 aromatic carbocycles. The zero-order valence-electron chi connectivity index (χ0n) is 11.0. The first-order chi connectivity index (χ1) is 8.44. The number of aliphatic hydroxyl groups excluding tert-OH is 1. The third-order valence-electron chi connectivity index (χ3n) is 5.27. The van der Waals surface area contributed by atoms with Gasteiger partial charge in [0, 0.05) is 6.54 Å². The van der Waals surface area contributed by atoms with Crippen molar-refractivity contribution in [3.63, 3.8) is 0 Å². The fourth-order valence-corrected chi connectivity index (χ4v) is 6.21. The van der Waals surface area contributed by atoms with E-state index in [0.717, 1.165) is 24.3 Å². The lowest BCUT2D eigenvalue weighted by atomic mass is 9.88. The molecule has 104 valence electrons.